The maximum absolute atomic E-state index is 12.5. The van der Waals surface area contributed by atoms with E-state index in [0.29, 0.717) is 34.5 Å². The summed E-state index contributed by atoms with van der Waals surface area (Å²) in [5, 5.41) is 13.7. The van der Waals surface area contributed by atoms with Gasteiger partial charge in [-0.3, -0.25) is 4.79 Å². The number of imidazole rings is 1. The monoisotopic (exact) mass is 452 g/mol. The molecule has 0 saturated carbocycles. The van der Waals surface area contributed by atoms with Gasteiger partial charge in [0.05, 0.1) is 6.33 Å². The number of carbonyl (C=O) groups excluding carboxylic acids is 1. The van der Waals surface area contributed by atoms with E-state index in [1.54, 1.807) is 48.9 Å². The van der Waals surface area contributed by atoms with Crippen LogP contribution in [0.3, 0.4) is 0 Å². The number of halogens is 2. The highest BCUT2D eigenvalue weighted by Crippen LogP contribution is 2.23. The fraction of sp³-hybridized carbons (Fsp3) is 0.200. The largest absolute Gasteiger partial charge is 0.489 e. The number of Topliss-reactive ketones (excluding diaryl/α,β-unsaturated/α-hetero) is 1. The molecule has 0 bridgehead atoms. The maximum atomic E-state index is 12.5. The summed E-state index contributed by atoms with van der Waals surface area (Å²) in [4.78, 5) is 25.0. The van der Waals surface area contributed by atoms with Gasteiger partial charge in [-0.1, -0.05) is 36.2 Å². The Morgan fingerprint density at radius 1 is 1.20 bits per heavy atom. The lowest BCUT2D eigenvalue weighted by Crippen LogP contribution is -2.17. The van der Waals surface area contributed by atoms with Crippen molar-refractivity contribution in [2.24, 2.45) is 5.92 Å². The van der Waals surface area contributed by atoms with Gasteiger partial charge >= 0.3 is 5.09 Å². The summed E-state index contributed by atoms with van der Waals surface area (Å²) >= 11 is 12.0. The lowest BCUT2D eigenvalue weighted by molar-refractivity contribution is -0.969. The third-order valence-corrected chi connectivity index (χ3v) is 4.63. The zero-order valence-corrected chi connectivity index (χ0v) is 17.5. The van der Waals surface area contributed by atoms with Crippen LogP contribution in [0.1, 0.15) is 22.8 Å². The third kappa shape index (κ3) is 7.38. The first-order chi connectivity index (χ1) is 14.3. The summed E-state index contributed by atoms with van der Waals surface area (Å²) in [5.41, 5.74) is 1.51. The van der Waals surface area contributed by atoms with Gasteiger partial charge in [0.15, 0.2) is 5.78 Å². The SMILES string of the molecule is CC(Cn1ccnc1)C(=O)c1ccc(OCc2ccc(Cl)cc2Cl)cc1.O=[N+](O)O. The molecule has 10 heteroatoms. The molecule has 0 aliphatic heterocycles. The van der Waals surface area contributed by atoms with E-state index in [9.17, 15) is 4.79 Å². The smallest absolute Gasteiger partial charge is 0.472 e. The van der Waals surface area contributed by atoms with Crippen molar-refractivity contribution >= 4 is 29.0 Å². The van der Waals surface area contributed by atoms with E-state index in [2.05, 4.69) is 4.98 Å². The van der Waals surface area contributed by atoms with E-state index in [1.807, 2.05) is 23.8 Å². The Balaban J connectivity index is 0.000000735. The second-order valence-electron chi connectivity index (χ2n) is 6.33. The maximum Gasteiger partial charge on any atom is 0.472 e. The quantitative estimate of drug-likeness (QED) is 0.392. The lowest BCUT2D eigenvalue weighted by Gasteiger charge is -2.12. The Labute approximate surface area is 182 Å². The fourth-order valence-electron chi connectivity index (χ4n) is 2.59. The van der Waals surface area contributed by atoms with Crippen LogP contribution in [-0.4, -0.2) is 30.8 Å². The molecule has 0 saturated heterocycles. The van der Waals surface area contributed by atoms with Crippen LogP contribution in [0, 0.1) is 10.8 Å². The molecule has 3 rings (SSSR count). The van der Waals surface area contributed by atoms with Crippen molar-refractivity contribution in [2.75, 3.05) is 0 Å². The van der Waals surface area contributed by atoms with Gasteiger partial charge in [-0.15, -0.1) is 0 Å². The third-order valence-electron chi connectivity index (χ3n) is 4.04. The highest BCUT2D eigenvalue weighted by atomic mass is 35.5. The Bertz CT molecular complexity index is 975. The van der Waals surface area contributed by atoms with E-state index < -0.39 is 5.09 Å². The van der Waals surface area contributed by atoms with Crippen LogP contribution < -0.4 is 4.74 Å². The average Bonchev–Trinajstić information content (AvgIpc) is 3.20. The second kappa shape index (κ2) is 11.2. The molecule has 1 heterocycles. The normalized spacial score (nSPS) is 11.2. The number of hydrogen-bond acceptors (Lipinski definition) is 4. The molecule has 2 aromatic carbocycles. The summed E-state index contributed by atoms with van der Waals surface area (Å²) in [6.07, 6.45) is 5.27. The first-order valence-electron chi connectivity index (χ1n) is 8.78. The summed E-state index contributed by atoms with van der Waals surface area (Å²) in [6, 6.07) is 12.4. The zero-order valence-electron chi connectivity index (χ0n) is 16.0. The lowest BCUT2D eigenvalue weighted by atomic mass is 9.99. The molecule has 3 aromatic rings. The molecule has 1 atom stereocenters. The van der Waals surface area contributed by atoms with Crippen LogP contribution in [0.5, 0.6) is 5.75 Å². The van der Waals surface area contributed by atoms with Crippen molar-refractivity contribution < 1.29 is 25.0 Å². The summed E-state index contributed by atoms with van der Waals surface area (Å²) in [7, 11) is 0. The van der Waals surface area contributed by atoms with Crippen molar-refractivity contribution in [3.63, 3.8) is 0 Å². The summed E-state index contributed by atoms with van der Waals surface area (Å²) in [6.45, 7) is 2.85. The fourth-order valence-corrected chi connectivity index (χ4v) is 3.06. The van der Waals surface area contributed by atoms with Crippen molar-refractivity contribution in [3.05, 3.63) is 87.3 Å². The highest BCUT2D eigenvalue weighted by molar-refractivity contribution is 6.35. The van der Waals surface area contributed by atoms with Crippen LogP contribution in [0.25, 0.3) is 0 Å². The van der Waals surface area contributed by atoms with Gasteiger partial charge in [0.25, 0.3) is 0 Å². The average molecular weight is 453 g/mol. The summed E-state index contributed by atoms with van der Waals surface area (Å²) in [5.74, 6) is 0.629. The molecule has 0 aliphatic carbocycles. The summed E-state index contributed by atoms with van der Waals surface area (Å²) < 4.78 is 7.64. The topological polar surface area (TPSA) is 105 Å². The minimum atomic E-state index is -1.25. The van der Waals surface area contributed by atoms with Crippen LogP contribution in [0.15, 0.2) is 61.2 Å². The molecule has 0 aliphatic rings. The molecule has 0 amide bonds. The Kier molecular flexibility index (Phi) is 8.64. The number of carbonyl (C=O) groups is 1. The Morgan fingerprint density at radius 2 is 1.87 bits per heavy atom. The minimum absolute atomic E-state index is 0.0889. The van der Waals surface area contributed by atoms with Gasteiger partial charge in [-0.2, -0.15) is 0 Å². The molecule has 1 aromatic heterocycles. The highest BCUT2D eigenvalue weighted by Gasteiger charge is 2.15. The number of aromatic nitrogens is 2. The predicted molar refractivity (Wildman–Crippen MR) is 110 cm³/mol. The molecule has 0 radical (unpaired) electrons. The number of ketones is 1. The Morgan fingerprint density at radius 3 is 2.43 bits per heavy atom. The molecule has 30 heavy (non-hydrogen) atoms. The van der Waals surface area contributed by atoms with E-state index in [-0.39, 0.29) is 11.7 Å². The van der Waals surface area contributed by atoms with E-state index in [0.717, 1.165) is 5.56 Å². The second-order valence-corrected chi connectivity index (χ2v) is 7.17. The van der Waals surface area contributed by atoms with Gasteiger partial charge in [0.2, 0.25) is 0 Å². The standard InChI is InChI=1S/C20H18Cl2N2O2.H2NO3/c1-14(11-24-9-8-23-13-24)20(25)15-3-6-18(7-4-15)26-12-16-2-5-17(21)10-19(16)22;2-1(3)4/h2-10,13-14H,11-12H2,1H3;(H2,2,3,4)/q;+1. The number of ether oxygens (including phenoxy) is 1. The molecule has 0 fully saturated rings. The number of rotatable bonds is 7. The Hall–Kier alpha value is -3.10. The van der Waals surface area contributed by atoms with Crippen molar-refractivity contribution in [1.29, 1.82) is 0 Å². The van der Waals surface area contributed by atoms with Crippen molar-refractivity contribution in [3.8, 4) is 5.75 Å². The molecular formula is C20H20Cl2N3O5+. The van der Waals surface area contributed by atoms with E-state index in [4.69, 9.17) is 43.3 Å². The molecule has 1 unspecified atom stereocenters. The first-order valence-corrected chi connectivity index (χ1v) is 9.53. The molecule has 8 nitrogen and oxygen atoms in total. The predicted octanol–water partition coefficient (Wildman–Crippen LogP) is 4.83. The molecule has 0 spiro atoms. The zero-order chi connectivity index (χ0) is 22.1. The van der Waals surface area contributed by atoms with Gasteiger partial charge in [-0.05, 0) is 36.4 Å². The minimum Gasteiger partial charge on any atom is -0.489 e. The number of nitrogens with zero attached hydrogens (tertiary/aromatic N) is 3. The number of hydrogen-bond donors (Lipinski definition) is 2. The molecule has 158 valence electrons. The first kappa shape index (κ1) is 23.2. The van der Waals surface area contributed by atoms with Crippen molar-refractivity contribution in [1.82, 2.24) is 9.55 Å². The van der Waals surface area contributed by atoms with Crippen LogP contribution in [0.4, 0.5) is 0 Å². The van der Waals surface area contributed by atoms with Gasteiger partial charge < -0.3 is 9.30 Å². The van der Waals surface area contributed by atoms with Crippen LogP contribution in [-0.2, 0) is 13.2 Å². The van der Waals surface area contributed by atoms with Crippen LogP contribution in [0.2, 0.25) is 10.0 Å². The van der Waals surface area contributed by atoms with Gasteiger partial charge in [0.1, 0.15) is 17.3 Å². The van der Waals surface area contributed by atoms with E-state index in [1.165, 1.54) is 0 Å². The van der Waals surface area contributed by atoms with E-state index >= 15 is 0 Å². The van der Waals surface area contributed by atoms with Gasteiger partial charge in [0, 0.05) is 46.0 Å². The van der Waals surface area contributed by atoms with Crippen molar-refractivity contribution in [2.45, 2.75) is 20.1 Å². The molecule has 2 N–H and O–H groups in total. The van der Waals surface area contributed by atoms with Crippen LogP contribution >= 0.6 is 23.2 Å². The number of benzene rings is 2. The molecular weight excluding hydrogens is 433 g/mol. The van der Waals surface area contributed by atoms with Gasteiger partial charge in [-0.25, -0.2) is 15.4 Å².